The molecule has 1 saturated heterocycles. The minimum Gasteiger partial charge on any atom is -0.489 e. The lowest BCUT2D eigenvalue weighted by Gasteiger charge is -2.26. The van der Waals surface area contributed by atoms with Gasteiger partial charge in [-0.05, 0) is 57.0 Å². The van der Waals surface area contributed by atoms with Crippen LogP contribution in [0.25, 0.3) is 0 Å². The lowest BCUT2D eigenvalue weighted by atomic mass is 10.2. The van der Waals surface area contributed by atoms with E-state index in [-0.39, 0.29) is 16.9 Å². The molecular formula is C21H28N2O5S2. The Balaban J connectivity index is 1.93. The first-order valence-corrected chi connectivity index (χ1v) is 12.3. The number of thiophene rings is 1. The zero-order valence-electron chi connectivity index (χ0n) is 17.7. The van der Waals surface area contributed by atoms with Crippen LogP contribution in [0.5, 0.6) is 5.75 Å². The molecule has 1 N–H and O–H groups in total. The van der Waals surface area contributed by atoms with Crippen LogP contribution in [0.3, 0.4) is 0 Å². The number of carbonyl (C=O) groups excluding carboxylic acids is 1. The van der Waals surface area contributed by atoms with Gasteiger partial charge in [-0.1, -0.05) is 6.92 Å². The van der Waals surface area contributed by atoms with Crippen LogP contribution in [0.2, 0.25) is 0 Å². The summed E-state index contributed by atoms with van der Waals surface area (Å²) in [4.78, 5) is 14.7. The van der Waals surface area contributed by atoms with Crippen molar-refractivity contribution in [1.82, 2.24) is 4.31 Å². The van der Waals surface area contributed by atoms with Crippen molar-refractivity contribution in [3.8, 4) is 5.75 Å². The van der Waals surface area contributed by atoms with Gasteiger partial charge in [0, 0.05) is 18.0 Å². The molecule has 1 fully saturated rings. The van der Waals surface area contributed by atoms with E-state index >= 15 is 0 Å². The van der Waals surface area contributed by atoms with Crippen LogP contribution in [0.4, 0.5) is 5.69 Å². The monoisotopic (exact) mass is 452 g/mol. The lowest BCUT2D eigenvalue weighted by Crippen LogP contribution is -2.40. The second kappa shape index (κ2) is 9.47. The normalized spacial score (nSPS) is 15.4. The van der Waals surface area contributed by atoms with E-state index in [0.29, 0.717) is 42.6 Å². The first-order valence-electron chi connectivity index (χ1n) is 10.0. The number of sulfonamides is 1. The van der Waals surface area contributed by atoms with Gasteiger partial charge in [0.1, 0.15) is 5.75 Å². The number of nitrogens with one attached hydrogen (secondary N) is 1. The summed E-state index contributed by atoms with van der Waals surface area (Å²) >= 11 is 1.43. The number of hydrogen-bond donors (Lipinski definition) is 1. The SMILES string of the molecule is CCc1cc(C(=O)Nc2cc(S(=O)(=O)N3CCOCC3)ccc2OC(C)C)sc1C. The minimum absolute atomic E-state index is 0.118. The summed E-state index contributed by atoms with van der Waals surface area (Å²) in [6.45, 7) is 9.14. The van der Waals surface area contributed by atoms with Gasteiger partial charge in [0.05, 0.1) is 34.8 Å². The molecule has 0 spiro atoms. The van der Waals surface area contributed by atoms with Gasteiger partial charge in [0.2, 0.25) is 10.0 Å². The van der Waals surface area contributed by atoms with Crippen LogP contribution in [0, 0.1) is 6.92 Å². The third-order valence-electron chi connectivity index (χ3n) is 4.80. The van der Waals surface area contributed by atoms with Crippen LogP contribution in [0.15, 0.2) is 29.2 Å². The van der Waals surface area contributed by atoms with Crippen molar-refractivity contribution in [3.05, 3.63) is 39.6 Å². The molecule has 1 aromatic carbocycles. The van der Waals surface area contributed by atoms with E-state index < -0.39 is 10.0 Å². The molecule has 9 heteroatoms. The molecule has 0 radical (unpaired) electrons. The van der Waals surface area contributed by atoms with Crippen molar-refractivity contribution >= 4 is 33.0 Å². The summed E-state index contributed by atoms with van der Waals surface area (Å²) < 4.78 is 38.5. The third kappa shape index (κ3) is 5.03. The van der Waals surface area contributed by atoms with Crippen LogP contribution < -0.4 is 10.1 Å². The molecule has 0 bridgehead atoms. The number of aryl methyl sites for hydroxylation is 2. The highest BCUT2D eigenvalue weighted by atomic mass is 32.2. The van der Waals surface area contributed by atoms with Crippen LogP contribution >= 0.6 is 11.3 Å². The fourth-order valence-electron chi connectivity index (χ4n) is 3.23. The molecule has 164 valence electrons. The summed E-state index contributed by atoms with van der Waals surface area (Å²) in [6.07, 6.45) is 0.725. The quantitative estimate of drug-likeness (QED) is 0.693. The van der Waals surface area contributed by atoms with E-state index in [1.54, 1.807) is 6.07 Å². The predicted molar refractivity (Wildman–Crippen MR) is 118 cm³/mol. The van der Waals surface area contributed by atoms with E-state index in [0.717, 1.165) is 16.9 Å². The summed E-state index contributed by atoms with van der Waals surface area (Å²) in [7, 11) is -3.69. The number of ether oxygens (including phenoxy) is 2. The van der Waals surface area contributed by atoms with Gasteiger partial charge in [-0.15, -0.1) is 11.3 Å². The second-order valence-corrected chi connectivity index (χ2v) is 10.5. The van der Waals surface area contributed by atoms with Gasteiger partial charge >= 0.3 is 0 Å². The van der Waals surface area contributed by atoms with Crippen molar-refractivity contribution in [1.29, 1.82) is 0 Å². The molecule has 30 heavy (non-hydrogen) atoms. The van der Waals surface area contributed by atoms with E-state index in [4.69, 9.17) is 9.47 Å². The summed E-state index contributed by atoms with van der Waals surface area (Å²) in [5.41, 5.74) is 1.47. The van der Waals surface area contributed by atoms with E-state index in [9.17, 15) is 13.2 Å². The minimum atomic E-state index is -3.69. The van der Waals surface area contributed by atoms with Crippen molar-refractivity contribution in [3.63, 3.8) is 0 Å². The molecule has 1 aliphatic rings. The molecule has 3 rings (SSSR count). The first kappa shape index (κ1) is 22.7. The van der Waals surface area contributed by atoms with Crippen molar-refractivity contribution in [2.75, 3.05) is 31.6 Å². The number of hydrogen-bond acceptors (Lipinski definition) is 6. The summed E-state index contributed by atoms with van der Waals surface area (Å²) in [5.74, 6) is 0.153. The molecule has 2 heterocycles. The van der Waals surface area contributed by atoms with Crippen LogP contribution in [-0.2, 0) is 21.2 Å². The van der Waals surface area contributed by atoms with Gasteiger partial charge in [-0.2, -0.15) is 4.31 Å². The average molecular weight is 453 g/mol. The average Bonchev–Trinajstić information content (AvgIpc) is 3.10. The summed E-state index contributed by atoms with van der Waals surface area (Å²) in [5, 5.41) is 2.85. The third-order valence-corrected chi connectivity index (χ3v) is 7.78. The summed E-state index contributed by atoms with van der Waals surface area (Å²) in [6, 6.07) is 6.47. The maximum Gasteiger partial charge on any atom is 0.265 e. The van der Waals surface area contributed by atoms with Crippen molar-refractivity contribution in [2.24, 2.45) is 0 Å². The standard InChI is InChI=1S/C21H28N2O5S2/c1-5-16-12-20(29-15(16)4)21(24)22-18-13-17(6-7-19(18)28-14(2)3)30(25,26)23-8-10-27-11-9-23/h6-7,12-14H,5,8-11H2,1-4H3,(H,22,24). The number of benzene rings is 1. The number of amides is 1. The number of nitrogens with zero attached hydrogens (tertiary/aromatic N) is 1. The molecule has 0 saturated carbocycles. The van der Waals surface area contributed by atoms with Crippen LogP contribution in [0.1, 0.15) is 40.9 Å². The number of carbonyl (C=O) groups is 1. The van der Waals surface area contributed by atoms with Crippen molar-refractivity contribution in [2.45, 2.75) is 45.1 Å². The maximum atomic E-state index is 13.0. The largest absolute Gasteiger partial charge is 0.489 e. The van der Waals surface area contributed by atoms with Gasteiger partial charge < -0.3 is 14.8 Å². The number of anilines is 1. The molecule has 2 aromatic rings. The molecular weight excluding hydrogens is 424 g/mol. The Hall–Kier alpha value is -1.94. The molecule has 1 aliphatic heterocycles. The number of morpholine rings is 1. The predicted octanol–water partition coefficient (Wildman–Crippen LogP) is 3.68. The highest BCUT2D eigenvalue weighted by Gasteiger charge is 2.27. The molecule has 7 nitrogen and oxygen atoms in total. The molecule has 0 atom stereocenters. The Morgan fingerprint density at radius 1 is 1.27 bits per heavy atom. The number of rotatable bonds is 7. The Labute approximate surface area is 182 Å². The maximum absolute atomic E-state index is 13.0. The molecule has 1 aromatic heterocycles. The molecule has 0 unspecified atom stereocenters. The van der Waals surface area contributed by atoms with Gasteiger partial charge in [-0.3, -0.25) is 4.79 Å². The highest BCUT2D eigenvalue weighted by molar-refractivity contribution is 7.89. The zero-order chi connectivity index (χ0) is 21.9. The Bertz CT molecular complexity index is 1010. The van der Waals surface area contributed by atoms with Gasteiger partial charge in [0.25, 0.3) is 5.91 Å². The zero-order valence-corrected chi connectivity index (χ0v) is 19.4. The van der Waals surface area contributed by atoms with E-state index in [1.807, 2.05) is 33.8 Å². The van der Waals surface area contributed by atoms with E-state index in [1.165, 1.54) is 27.8 Å². The highest BCUT2D eigenvalue weighted by Crippen LogP contribution is 2.31. The van der Waals surface area contributed by atoms with Crippen molar-refractivity contribution < 1.29 is 22.7 Å². The Morgan fingerprint density at radius 2 is 1.97 bits per heavy atom. The second-order valence-electron chi connectivity index (χ2n) is 7.34. The lowest BCUT2D eigenvalue weighted by molar-refractivity contribution is 0.0730. The van der Waals surface area contributed by atoms with E-state index in [2.05, 4.69) is 5.32 Å². The topological polar surface area (TPSA) is 84.9 Å². The fraction of sp³-hybridized carbons (Fsp3) is 0.476. The first-order chi connectivity index (χ1) is 14.2. The Kier molecular flexibility index (Phi) is 7.18. The molecule has 0 aliphatic carbocycles. The smallest absolute Gasteiger partial charge is 0.265 e. The Morgan fingerprint density at radius 3 is 2.57 bits per heavy atom. The molecule has 1 amide bonds. The van der Waals surface area contributed by atoms with Gasteiger partial charge in [0.15, 0.2) is 0 Å². The van der Waals surface area contributed by atoms with Gasteiger partial charge in [-0.25, -0.2) is 8.42 Å². The fourth-order valence-corrected chi connectivity index (χ4v) is 5.67. The van der Waals surface area contributed by atoms with Crippen LogP contribution in [-0.4, -0.2) is 51.0 Å².